The molecule has 0 aliphatic heterocycles. The topological polar surface area (TPSA) is 96.0 Å². The summed E-state index contributed by atoms with van der Waals surface area (Å²) in [4.78, 5) is 28.1. The van der Waals surface area contributed by atoms with Crippen molar-refractivity contribution in [2.45, 2.75) is 64.1 Å². The molecule has 0 unspecified atom stereocenters. The number of anilines is 1. The number of carbonyl (C=O) groups excluding carboxylic acids is 2. The molecule has 1 N–H and O–H groups in total. The molecule has 2 aromatic rings. The third-order valence-electron chi connectivity index (χ3n) is 6.77. The summed E-state index contributed by atoms with van der Waals surface area (Å²) in [7, 11) is -2.17. The van der Waals surface area contributed by atoms with E-state index in [4.69, 9.17) is 27.9 Å². The van der Waals surface area contributed by atoms with Crippen LogP contribution in [0.2, 0.25) is 10.0 Å². The lowest BCUT2D eigenvalue weighted by Crippen LogP contribution is -2.49. The standard InChI is InChI=1S/C27H35Cl2N3O5S/c1-19(27(34)30-20-10-4-5-11-20)31(18-21-22(28)12-8-13-23(21)29)26(33)16-9-17-32(38(3,35)36)24-14-6-7-15-25(24)37-2/h6-8,12-15,19-20H,4-5,9-11,16-18H2,1-3H3,(H,30,34)/t19-/m0/s1. The minimum atomic E-state index is -3.64. The van der Waals surface area contributed by atoms with Crippen LogP contribution in [0.3, 0.4) is 0 Å². The summed E-state index contributed by atoms with van der Waals surface area (Å²) in [6.07, 6.45) is 5.35. The van der Waals surface area contributed by atoms with Gasteiger partial charge in [0.05, 0.1) is 19.1 Å². The number of sulfonamides is 1. The van der Waals surface area contributed by atoms with E-state index in [0.29, 0.717) is 27.0 Å². The van der Waals surface area contributed by atoms with Crippen LogP contribution in [0, 0.1) is 0 Å². The molecule has 8 nitrogen and oxygen atoms in total. The van der Waals surface area contributed by atoms with Gasteiger partial charge in [0, 0.05) is 41.2 Å². The van der Waals surface area contributed by atoms with E-state index in [9.17, 15) is 18.0 Å². The van der Waals surface area contributed by atoms with Crippen LogP contribution in [0.25, 0.3) is 0 Å². The van der Waals surface area contributed by atoms with Gasteiger partial charge in [-0.1, -0.05) is 54.2 Å². The van der Waals surface area contributed by atoms with E-state index in [1.54, 1.807) is 49.4 Å². The molecule has 2 aromatic carbocycles. The van der Waals surface area contributed by atoms with Crippen molar-refractivity contribution in [1.82, 2.24) is 10.2 Å². The van der Waals surface area contributed by atoms with Gasteiger partial charge < -0.3 is 15.0 Å². The number of rotatable bonds is 12. The maximum absolute atomic E-state index is 13.5. The molecule has 208 valence electrons. The molecule has 11 heteroatoms. The Morgan fingerprint density at radius 1 is 1.08 bits per heavy atom. The first kappa shape index (κ1) is 30.1. The maximum Gasteiger partial charge on any atom is 0.242 e. The van der Waals surface area contributed by atoms with Gasteiger partial charge in [0.15, 0.2) is 0 Å². The Labute approximate surface area is 235 Å². The van der Waals surface area contributed by atoms with Crippen LogP contribution in [0.4, 0.5) is 5.69 Å². The van der Waals surface area contributed by atoms with Gasteiger partial charge in [-0.2, -0.15) is 0 Å². The highest BCUT2D eigenvalue weighted by Crippen LogP contribution is 2.30. The lowest BCUT2D eigenvalue weighted by atomic mass is 10.1. The van der Waals surface area contributed by atoms with Gasteiger partial charge in [0.25, 0.3) is 0 Å². The molecule has 0 saturated heterocycles. The van der Waals surface area contributed by atoms with E-state index in [1.165, 1.54) is 16.3 Å². The number of methoxy groups -OCH3 is 1. The van der Waals surface area contributed by atoms with Crippen molar-refractivity contribution in [1.29, 1.82) is 0 Å². The summed E-state index contributed by atoms with van der Waals surface area (Å²) in [5, 5.41) is 3.86. The number of hydrogen-bond acceptors (Lipinski definition) is 5. The molecule has 0 aromatic heterocycles. The first-order valence-electron chi connectivity index (χ1n) is 12.7. The van der Waals surface area contributed by atoms with Gasteiger partial charge in [-0.3, -0.25) is 13.9 Å². The highest BCUT2D eigenvalue weighted by molar-refractivity contribution is 7.92. The number of hydrogen-bond donors (Lipinski definition) is 1. The molecule has 1 aliphatic carbocycles. The van der Waals surface area contributed by atoms with Gasteiger partial charge in [-0.05, 0) is 50.5 Å². The Morgan fingerprint density at radius 2 is 1.71 bits per heavy atom. The van der Waals surface area contributed by atoms with E-state index in [0.717, 1.165) is 31.9 Å². The number of carbonyl (C=O) groups is 2. The zero-order valence-electron chi connectivity index (χ0n) is 22.0. The smallest absolute Gasteiger partial charge is 0.242 e. The third-order valence-corrected chi connectivity index (χ3v) is 8.65. The predicted molar refractivity (Wildman–Crippen MR) is 151 cm³/mol. The second-order valence-corrected chi connectivity index (χ2v) is 12.2. The molecule has 1 atom stereocenters. The maximum atomic E-state index is 13.5. The summed E-state index contributed by atoms with van der Waals surface area (Å²) in [5.74, 6) is -0.125. The molecule has 1 fully saturated rings. The first-order valence-corrected chi connectivity index (χ1v) is 15.3. The third kappa shape index (κ3) is 7.77. The molecule has 0 bridgehead atoms. The van der Waals surface area contributed by atoms with Crippen LogP contribution in [0.1, 0.15) is 51.0 Å². The monoisotopic (exact) mass is 583 g/mol. The summed E-state index contributed by atoms with van der Waals surface area (Å²) in [6, 6.07) is 11.2. The lowest BCUT2D eigenvalue weighted by molar-refractivity contribution is -0.140. The highest BCUT2D eigenvalue weighted by atomic mass is 35.5. The Bertz CT molecular complexity index is 1210. The van der Waals surface area contributed by atoms with E-state index in [2.05, 4.69) is 5.32 Å². The van der Waals surface area contributed by atoms with Gasteiger partial charge in [0.2, 0.25) is 21.8 Å². The molecule has 0 spiro atoms. The Hall–Kier alpha value is -2.49. The molecule has 2 amide bonds. The number of para-hydroxylation sites is 2. The number of nitrogens with zero attached hydrogens (tertiary/aromatic N) is 2. The summed E-state index contributed by atoms with van der Waals surface area (Å²) < 4.78 is 31.7. The fourth-order valence-electron chi connectivity index (χ4n) is 4.65. The number of halogens is 2. The normalized spacial score (nSPS) is 14.7. The molecule has 0 radical (unpaired) electrons. The molecular weight excluding hydrogens is 549 g/mol. The molecule has 3 rings (SSSR count). The Kier molecular flexibility index (Phi) is 10.7. The average Bonchev–Trinajstić information content (AvgIpc) is 3.38. The molecular formula is C27H35Cl2N3O5S. The van der Waals surface area contributed by atoms with Gasteiger partial charge >= 0.3 is 0 Å². The Balaban J connectivity index is 1.78. The van der Waals surface area contributed by atoms with Crippen LogP contribution in [-0.2, 0) is 26.2 Å². The minimum Gasteiger partial charge on any atom is -0.495 e. The first-order chi connectivity index (χ1) is 18.0. The van der Waals surface area contributed by atoms with Crippen LogP contribution in [0.5, 0.6) is 5.75 Å². The van der Waals surface area contributed by atoms with E-state index in [-0.39, 0.29) is 43.8 Å². The van der Waals surface area contributed by atoms with Crippen LogP contribution < -0.4 is 14.4 Å². The molecule has 38 heavy (non-hydrogen) atoms. The number of benzene rings is 2. The molecule has 1 aliphatic rings. The van der Waals surface area contributed by atoms with Gasteiger partial charge in [-0.15, -0.1) is 0 Å². The second kappa shape index (κ2) is 13.5. The van der Waals surface area contributed by atoms with Crippen molar-refractivity contribution < 1.29 is 22.7 Å². The summed E-state index contributed by atoms with van der Waals surface area (Å²) in [5.41, 5.74) is 0.949. The zero-order chi connectivity index (χ0) is 27.9. The van der Waals surface area contributed by atoms with E-state index in [1.807, 2.05) is 0 Å². The number of amides is 2. The van der Waals surface area contributed by atoms with Crippen molar-refractivity contribution in [3.8, 4) is 5.75 Å². The zero-order valence-corrected chi connectivity index (χ0v) is 24.3. The molecule has 0 heterocycles. The van der Waals surface area contributed by atoms with Crippen molar-refractivity contribution in [3.05, 3.63) is 58.1 Å². The quantitative estimate of drug-likeness (QED) is 0.378. The van der Waals surface area contributed by atoms with Crippen LogP contribution in [-0.4, -0.2) is 57.1 Å². The van der Waals surface area contributed by atoms with Crippen LogP contribution >= 0.6 is 23.2 Å². The second-order valence-electron chi connectivity index (χ2n) is 9.50. The molecule has 1 saturated carbocycles. The number of ether oxygens (including phenoxy) is 1. The van der Waals surface area contributed by atoms with E-state index >= 15 is 0 Å². The lowest BCUT2D eigenvalue weighted by Gasteiger charge is -2.31. The van der Waals surface area contributed by atoms with Crippen molar-refractivity contribution >= 4 is 50.7 Å². The van der Waals surface area contributed by atoms with E-state index < -0.39 is 16.1 Å². The fourth-order valence-corrected chi connectivity index (χ4v) is 6.13. The predicted octanol–water partition coefficient (Wildman–Crippen LogP) is 5.02. The fraction of sp³-hybridized carbons (Fsp3) is 0.481. The largest absolute Gasteiger partial charge is 0.495 e. The van der Waals surface area contributed by atoms with Crippen molar-refractivity contribution in [2.75, 3.05) is 24.2 Å². The van der Waals surface area contributed by atoms with Crippen molar-refractivity contribution in [3.63, 3.8) is 0 Å². The van der Waals surface area contributed by atoms with Gasteiger partial charge in [-0.25, -0.2) is 8.42 Å². The number of nitrogens with one attached hydrogen (secondary N) is 1. The SMILES string of the molecule is COc1ccccc1N(CCCC(=O)N(Cc1c(Cl)cccc1Cl)[C@@H](C)C(=O)NC1CCCC1)S(C)(=O)=O. The Morgan fingerprint density at radius 3 is 2.32 bits per heavy atom. The average molecular weight is 585 g/mol. The summed E-state index contributed by atoms with van der Waals surface area (Å²) in [6.45, 7) is 1.80. The van der Waals surface area contributed by atoms with Gasteiger partial charge in [0.1, 0.15) is 11.8 Å². The van der Waals surface area contributed by atoms with Crippen molar-refractivity contribution in [2.24, 2.45) is 0 Å². The highest BCUT2D eigenvalue weighted by Gasteiger charge is 2.30. The van der Waals surface area contributed by atoms with Crippen LogP contribution in [0.15, 0.2) is 42.5 Å². The summed E-state index contributed by atoms with van der Waals surface area (Å²) >= 11 is 12.8. The minimum absolute atomic E-state index is 0.0181.